The van der Waals surface area contributed by atoms with Gasteiger partial charge >= 0.3 is 13.7 Å². The fraction of sp³-hybridized carbons (Fsp3) is 0.409. The summed E-state index contributed by atoms with van der Waals surface area (Å²) < 4.78 is 31.8. The van der Waals surface area contributed by atoms with E-state index in [1.54, 1.807) is 31.2 Å². The second-order valence-electron chi connectivity index (χ2n) is 8.12. The van der Waals surface area contributed by atoms with Gasteiger partial charge in [0.2, 0.25) is 0 Å². The third-order valence-corrected chi connectivity index (χ3v) is 7.45. The van der Waals surface area contributed by atoms with Crippen molar-refractivity contribution < 1.29 is 23.1 Å². The first kappa shape index (κ1) is 23.2. The number of rotatable bonds is 9. The molecule has 33 heavy (non-hydrogen) atoms. The molecule has 2 heterocycles. The number of nitrogen functional groups attached to an aromatic ring is 1. The summed E-state index contributed by atoms with van der Waals surface area (Å²) in [5.41, 5.74) is 6.76. The summed E-state index contributed by atoms with van der Waals surface area (Å²) in [7, 11) is -2.57. The highest BCUT2D eigenvalue weighted by molar-refractivity contribution is 7.52. The summed E-state index contributed by atoms with van der Waals surface area (Å²) in [4.78, 5) is 20.3. The molecule has 1 aliphatic rings. The molecule has 4 rings (SSSR count). The standard InChI is InChI=1S/C22H28N5O5P/c1-15(22(28)30-2)26-33(29,32-18-6-4-3-5-7-18)31-13-16-8-9-17(12-16)27-11-10-19-20(23)24-14-25-21(19)27/h3-7,10-11,14-17H,8-9,12-13H2,1-2H3,(H,26,29)(H2,23,24,25)/t15-,16-,17+,33?/m0/s1. The van der Waals surface area contributed by atoms with Crippen LogP contribution in [0.15, 0.2) is 48.9 Å². The first-order valence-electron chi connectivity index (χ1n) is 10.8. The van der Waals surface area contributed by atoms with Gasteiger partial charge in [0.15, 0.2) is 0 Å². The van der Waals surface area contributed by atoms with E-state index in [4.69, 9.17) is 19.5 Å². The Bertz CT molecular complexity index is 1150. The van der Waals surface area contributed by atoms with Crippen LogP contribution in [0.25, 0.3) is 11.0 Å². The Hall–Kier alpha value is -2.94. The molecule has 4 atom stereocenters. The number of nitrogens with zero attached hydrogens (tertiary/aromatic N) is 3. The molecule has 176 valence electrons. The van der Waals surface area contributed by atoms with E-state index in [0.29, 0.717) is 11.6 Å². The summed E-state index contributed by atoms with van der Waals surface area (Å²) in [6.07, 6.45) is 6.09. The van der Waals surface area contributed by atoms with Gasteiger partial charge < -0.3 is 19.6 Å². The van der Waals surface area contributed by atoms with E-state index in [1.165, 1.54) is 13.4 Å². The molecule has 0 aliphatic heterocycles. The van der Waals surface area contributed by atoms with Gasteiger partial charge in [-0.2, -0.15) is 5.09 Å². The summed E-state index contributed by atoms with van der Waals surface area (Å²) in [6, 6.07) is 10.00. The fourth-order valence-electron chi connectivity index (χ4n) is 4.12. The number of nitrogens with one attached hydrogen (secondary N) is 1. The third-order valence-electron chi connectivity index (χ3n) is 5.80. The third kappa shape index (κ3) is 5.35. The minimum absolute atomic E-state index is 0.162. The van der Waals surface area contributed by atoms with Crippen LogP contribution in [-0.4, -0.2) is 40.3 Å². The Morgan fingerprint density at radius 1 is 1.27 bits per heavy atom. The Kier molecular flexibility index (Phi) is 6.97. The molecule has 1 unspecified atom stereocenters. The monoisotopic (exact) mass is 473 g/mol. The lowest BCUT2D eigenvalue weighted by molar-refractivity contribution is -0.142. The normalized spacial score (nSPS) is 20.9. The maximum absolute atomic E-state index is 13.5. The van der Waals surface area contributed by atoms with E-state index < -0.39 is 19.8 Å². The zero-order chi connectivity index (χ0) is 23.4. The van der Waals surface area contributed by atoms with E-state index in [9.17, 15) is 9.36 Å². The van der Waals surface area contributed by atoms with Crippen molar-refractivity contribution in [3.8, 4) is 5.75 Å². The molecule has 3 aromatic rings. The predicted molar refractivity (Wildman–Crippen MR) is 124 cm³/mol. The smallest absolute Gasteiger partial charge is 0.459 e. The van der Waals surface area contributed by atoms with Gasteiger partial charge in [0.05, 0.1) is 19.1 Å². The molecule has 0 saturated heterocycles. The van der Waals surface area contributed by atoms with Gasteiger partial charge in [0, 0.05) is 12.2 Å². The molecule has 0 radical (unpaired) electrons. The lowest BCUT2D eigenvalue weighted by Crippen LogP contribution is -2.34. The van der Waals surface area contributed by atoms with E-state index in [0.717, 1.165) is 30.3 Å². The topological polar surface area (TPSA) is 131 Å². The Labute approximate surface area is 192 Å². The van der Waals surface area contributed by atoms with Crippen molar-refractivity contribution in [3.05, 3.63) is 48.9 Å². The number of para-hydroxylation sites is 1. The molecule has 0 bridgehead atoms. The number of esters is 1. The lowest BCUT2D eigenvalue weighted by Gasteiger charge is -2.24. The quantitative estimate of drug-likeness (QED) is 0.353. The van der Waals surface area contributed by atoms with Crippen molar-refractivity contribution in [3.63, 3.8) is 0 Å². The van der Waals surface area contributed by atoms with Gasteiger partial charge in [-0.15, -0.1) is 0 Å². The van der Waals surface area contributed by atoms with E-state index in [-0.39, 0.29) is 18.6 Å². The van der Waals surface area contributed by atoms with E-state index in [2.05, 4.69) is 19.6 Å². The molecule has 0 spiro atoms. The molecular weight excluding hydrogens is 445 g/mol. The fourth-order valence-corrected chi connectivity index (χ4v) is 5.68. The van der Waals surface area contributed by atoms with Crippen LogP contribution in [-0.2, 0) is 18.6 Å². The van der Waals surface area contributed by atoms with Crippen LogP contribution in [0.2, 0.25) is 0 Å². The molecule has 1 aromatic carbocycles. The van der Waals surface area contributed by atoms with Gasteiger partial charge in [0.25, 0.3) is 0 Å². The highest BCUT2D eigenvalue weighted by Crippen LogP contribution is 2.47. The molecule has 1 fully saturated rings. The molecule has 11 heteroatoms. The number of nitrogens with two attached hydrogens (primary N) is 1. The van der Waals surface area contributed by atoms with Crippen molar-refractivity contribution in [1.29, 1.82) is 0 Å². The number of methoxy groups -OCH3 is 1. The number of aromatic nitrogens is 3. The van der Waals surface area contributed by atoms with Crippen molar-refractivity contribution in [2.75, 3.05) is 19.5 Å². The molecule has 2 aromatic heterocycles. The maximum Gasteiger partial charge on any atom is 0.459 e. The minimum atomic E-state index is -3.84. The summed E-state index contributed by atoms with van der Waals surface area (Å²) in [5, 5.41) is 3.52. The molecule has 0 amide bonds. The first-order chi connectivity index (χ1) is 15.9. The zero-order valence-corrected chi connectivity index (χ0v) is 19.5. The Morgan fingerprint density at radius 3 is 2.82 bits per heavy atom. The average Bonchev–Trinajstić information content (AvgIpc) is 3.45. The van der Waals surface area contributed by atoms with Crippen molar-refractivity contribution in [2.24, 2.45) is 5.92 Å². The molecule has 3 N–H and O–H groups in total. The predicted octanol–water partition coefficient (Wildman–Crippen LogP) is 3.71. The highest BCUT2D eigenvalue weighted by atomic mass is 31.2. The summed E-state index contributed by atoms with van der Waals surface area (Å²) in [5.74, 6) is 0.443. The molecular formula is C22H28N5O5P. The number of ether oxygens (including phenoxy) is 1. The maximum atomic E-state index is 13.5. The molecule has 1 aliphatic carbocycles. The van der Waals surface area contributed by atoms with Crippen LogP contribution in [0.5, 0.6) is 5.75 Å². The van der Waals surface area contributed by atoms with Crippen molar-refractivity contribution in [2.45, 2.75) is 38.3 Å². The van der Waals surface area contributed by atoms with Crippen LogP contribution in [0.4, 0.5) is 5.82 Å². The van der Waals surface area contributed by atoms with Gasteiger partial charge in [-0.05, 0) is 50.3 Å². The largest absolute Gasteiger partial charge is 0.468 e. The minimum Gasteiger partial charge on any atom is -0.468 e. The number of fused-ring (bicyclic) bond motifs is 1. The second-order valence-corrected chi connectivity index (χ2v) is 9.82. The van der Waals surface area contributed by atoms with Crippen LogP contribution in [0, 0.1) is 5.92 Å². The molecule has 10 nitrogen and oxygen atoms in total. The molecule has 1 saturated carbocycles. The Balaban J connectivity index is 1.43. The number of hydrogen-bond acceptors (Lipinski definition) is 8. The zero-order valence-electron chi connectivity index (χ0n) is 18.6. The van der Waals surface area contributed by atoms with Gasteiger partial charge in [-0.3, -0.25) is 9.32 Å². The van der Waals surface area contributed by atoms with E-state index in [1.807, 2.05) is 18.3 Å². The summed E-state index contributed by atoms with van der Waals surface area (Å²) >= 11 is 0. The highest BCUT2D eigenvalue weighted by Gasteiger charge is 2.35. The first-order valence-corrected chi connectivity index (χ1v) is 12.3. The van der Waals surface area contributed by atoms with Gasteiger partial charge in [-0.25, -0.2) is 14.5 Å². The van der Waals surface area contributed by atoms with Gasteiger partial charge in [-0.1, -0.05) is 18.2 Å². The number of benzene rings is 1. The number of carbonyl (C=O) groups excluding carboxylic acids is 1. The van der Waals surface area contributed by atoms with Gasteiger partial charge in [0.1, 0.15) is 29.6 Å². The van der Waals surface area contributed by atoms with Crippen LogP contribution < -0.4 is 15.3 Å². The van der Waals surface area contributed by atoms with Crippen LogP contribution in [0.1, 0.15) is 32.2 Å². The number of carbonyl (C=O) groups is 1. The summed E-state index contributed by atoms with van der Waals surface area (Å²) in [6.45, 7) is 1.77. The average molecular weight is 473 g/mol. The van der Waals surface area contributed by atoms with Crippen molar-refractivity contribution in [1.82, 2.24) is 19.6 Å². The Morgan fingerprint density at radius 2 is 2.06 bits per heavy atom. The van der Waals surface area contributed by atoms with Crippen LogP contribution in [0.3, 0.4) is 0 Å². The van der Waals surface area contributed by atoms with Crippen LogP contribution >= 0.6 is 7.75 Å². The number of hydrogen-bond donors (Lipinski definition) is 2. The van der Waals surface area contributed by atoms with Crippen molar-refractivity contribution >= 4 is 30.6 Å². The SMILES string of the molecule is COC(=O)[C@H](C)NP(=O)(OC[C@H]1CC[C@@H](n2ccc3c(N)ncnc32)C1)Oc1ccccc1. The second kappa shape index (κ2) is 9.91. The lowest BCUT2D eigenvalue weighted by atomic mass is 10.1. The van der Waals surface area contributed by atoms with E-state index >= 15 is 0 Å². The number of anilines is 1.